The molecule has 2 aromatic heterocycles. The molecule has 0 saturated carbocycles. The molecule has 0 fully saturated rings. The first kappa shape index (κ1) is 21.4. The second-order valence-corrected chi connectivity index (χ2v) is 8.10. The van der Waals surface area contributed by atoms with Crippen molar-refractivity contribution in [3.8, 4) is 11.3 Å². The third-order valence-electron chi connectivity index (χ3n) is 5.12. The van der Waals surface area contributed by atoms with Gasteiger partial charge in [-0.05, 0) is 30.3 Å². The molecule has 5 aromatic rings. The Morgan fingerprint density at radius 3 is 2.62 bits per heavy atom. The van der Waals surface area contributed by atoms with E-state index in [0.29, 0.717) is 16.1 Å². The number of benzene rings is 3. The van der Waals surface area contributed by atoms with Crippen molar-refractivity contribution in [3.63, 3.8) is 0 Å². The molecule has 0 amide bonds. The van der Waals surface area contributed by atoms with Gasteiger partial charge in [0.15, 0.2) is 5.82 Å². The number of nitro groups is 1. The molecule has 10 heteroatoms. The molecule has 0 saturated heterocycles. The zero-order chi connectivity index (χ0) is 23.7. The Labute approximate surface area is 195 Å². The lowest BCUT2D eigenvalue weighted by atomic mass is 10.1. The topological polar surface area (TPSA) is 88.6 Å². The van der Waals surface area contributed by atoms with Gasteiger partial charge >= 0.3 is 0 Å². The van der Waals surface area contributed by atoms with Crippen LogP contribution in [0.15, 0.2) is 88.4 Å². The number of thiazole rings is 1. The van der Waals surface area contributed by atoms with Crippen molar-refractivity contribution in [1.82, 2.24) is 9.66 Å². The lowest BCUT2D eigenvalue weighted by Gasteiger charge is -2.04. The maximum absolute atomic E-state index is 14.3. The standard InChI is InChI=1S/C24H15F2N5O2S/c25-17-7-10-22(20(26)11-17)29-24-30(28-13-16-12-27-21-4-2-1-3-19(16)21)23(14-34-24)15-5-8-18(9-6-15)31(32)33/h1-14,27H. The predicted octanol–water partition coefficient (Wildman–Crippen LogP) is 6.00. The molecule has 0 bridgehead atoms. The van der Waals surface area contributed by atoms with E-state index in [4.69, 9.17) is 0 Å². The Morgan fingerprint density at radius 2 is 1.85 bits per heavy atom. The molecule has 168 valence electrons. The maximum Gasteiger partial charge on any atom is 0.269 e. The Morgan fingerprint density at radius 1 is 1.06 bits per heavy atom. The van der Waals surface area contributed by atoms with Crippen molar-refractivity contribution >= 4 is 39.8 Å². The summed E-state index contributed by atoms with van der Waals surface area (Å²) < 4.78 is 29.1. The Hall–Kier alpha value is -4.44. The number of non-ortho nitro benzene ring substituents is 1. The van der Waals surface area contributed by atoms with Crippen molar-refractivity contribution in [2.75, 3.05) is 0 Å². The second kappa shape index (κ2) is 8.83. The number of aromatic amines is 1. The lowest BCUT2D eigenvalue weighted by molar-refractivity contribution is -0.384. The van der Waals surface area contributed by atoms with Gasteiger partial charge in [-0.2, -0.15) is 5.10 Å². The smallest absolute Gasteiger partial charge is 0.269 e. The molecule has 0 aliphatic rings. The van der Waals surface area contributed by atoms with Crippen molar-refractivity contribution in [2.45, 2.75) is 0 Å². The minimum Gasteiger partial charge on any atom is -0.361 e. The van der Waals surface area contributed by atoms with Gasteiger partial charge in [0, 0.05) is 51.8 Å². The van der Waals surface area contributed by atoms with Crippen LogP contribution in [0.1, 0.15) is 5.56 Å². The fourth-order valence-electron chi connectivity index (χ4n) is 3.44. The molecule has 0 aliphatic carbocycles. The van der Waals surface area contributed by atoms with Crippen molar-refractivity contribution in [2.24, 2.45) is 10.1 Å². The van der Waals surface area contributed by atoms with Gasteiger partial charge in [-0.25, -0.2) is 18.4 Å². The van der Waals surface area contributed by atoms with E-state index in [9.17, 15) is 18.9 Å². The Kier molecular flexibility index (Phi) is 5.56. The van der Waals surface area contributed by atoms with Crippen LogP contribution in [0.25, 0.3) is 22.2 Å². The number of halogens is 2. The molecule has 2 heterocycles. The van der Waals surface area contributed by atoms with Gasteiger partial charge < -0.3 is 4.98 Å². The molecule has 34 heavy (non-hydrogen) atoms. The molecule has 0 radical (unpaired) electrons. The number of para-hydroxylation sites is 1. The summed E-state index contributed by atoms with van der Waals surface area (Å²) >= 11 is 1.21. The highest BCUT2D eigenvalue weighted by Gasteiger charge is 2.12. The number of aromatic nitrogens is 2. The number of nitro benzene ring substituents is 1. The normalized spacial score (nSPS) is 12.1. The number of nitrogens with one attached hydrogen (secondary N) is 1. The number of rotatable bonds is 5. The van der Waals surface area contributed by atoms with E-state index in [1.165, 1.54) is 34.2 Å². The average Bonchev–Trinajstić information content (AvgIpc) is 3.43. The zero-order valence-corrected chi connectivity index (χ0v) is 18.2. The molecular formula is C24H15F2N5O2S. The van der Waals surface area contributed by atoms with Crippen LogP contribution in [0, 0.1) is 21.7 Å². The fourth-order valence-corrected chi connectivity index (χ4v) is 4.29. The van der Waals surface area contributed by atoms with E-state index in [1.807, 2.05) is 30.5 Å². The van der Waals surface area contributed by atoms with E-state index in [2.05, 4.69) is 15.1 Å². The van der Waals surface area contributed by atoms with Crippen LogP contribution in [0.4, 0.5) is 20.2 Å². The van der Waals surface area contributed by atoms with E-state index in [0.717, 1.165) is 28.6 Å². The Bertz CT molecular complexity index is 1620. The number of hydrogen-bond acceptors (Lipinski definition) is 5. The molecule has 1 N–H and O–H groups in total. The van der Waals surface area contributed by atoms with Crippen LogP contribution < -0.4 is 4.80 Å². The van der Waals surface area contributed by atoms with Gasteiger partial charge in [0.05, 0.1) is 16.8 Å². The Balaban J connectivity index is 1.65. The first-order valence-electron chi connectivity index (χ1n) is 10.1. The molecule has 0 spiro atoms. The molecule has 0 unspecified atom stereocenters. The van der Waals surface area contributed by atoms with Gasteiger partial charge in [0.1, 0.15) is 11.5 Å². The minimum atomic E-state index is -0.794. The second-order valence-electron chi connectivity index (χ2n) is 7.26. The fraction of sp³-hybridized carbons (Fsp3) is 0. The van der Waals surface area contributed by atoms with Crippen LogP contribution in [0.2, 0.25) is 0 Å². The van der Waals surface area contributed by atoms with Gasteiger partial charge in [0.2, 0.25) is 4.80 Å². The summed E-state index contributed by atoms with van der Waals surface area (Å²) in [6.07, 6.45) is 3.48. The van der Waals surface area contributed by atoms with Crippen molar-refractivity contribution in [3.05, 3.63) is 110 Å². The van der Waals surface area contributed by atoms with Crippen LogP contribution in [-0.4, -0.2) is 20.8 Å². The average molecular weight is 475 g/mol. The van der Waals surface area contributed by atoms with Crippen molar-refractivity contribution in [1.29, 1.82) is 0 Å². The van der Waals surface area contributed by atoms with Crippen LogP contribution >= 0.6 is 11.3 Å². The highest BCUT2D eigenvalue weighted by Crippen LogP contribution is 2.25. The molecule has 0 atom stereocenters. The molecule has 0 aliphatic heterocycles. The van der Waals surface area contributed by atoms with Crippen LogP contribution in [-0.2, 0) is 0 Å². The summed E-state index contributed by atoms with van der Waals surface area (Å²) in [5.41, 5.74) is 2.99. The molecule has 3 aromatic carbocycles. The van der Waals surface area contributed by atoms with E-state index in [1.54, 1.807) is 23.7 Å². The van der Waals surface area contributed by atoms with Crippen LogP contribution in [0.5, 0.6) is 0 Å². The first-order valence-corrected chi connectivity index (χ1v) is 10.9. The third-order valence-corrected chi connectivity index (χ3v) is 5.93. The summed E-state index contributed by atoms with van der Waals surface area (Å²) in [4.78, 5) is 18.4. The number of nitrogens with zero attached hydrogens (tertiary/aromatic N) is 4. The lowest BCUT2D eigenvalue weighted by Crippen LogP contribution is -2.11. The minimum absolute atomic E-state index is 0.0328. The largest absolute Gasteiger partial charge is 0.361 e. The zero-order valence-electron chi connectivity index (χ0n) is 17.4. The molecular weight excluding hydrogens is 460 g/mol. The van der Waals surface area contributed by atoms with Gasteiger partial charge in [-0.3, -0.25) is 10.1 Å². The van der Waals surface area contributed by atoms with E-state index >= 15 is 0 Å². The first-order chi connectivity index (χ1) is 16.5. The van der Waals surface area contributed by atoms with Crippen LogP contribution in [0.3, 0.4) is 0 Å². The maximum atomic E-state index is 14.3. The highest BCUT2D eigenvalue weighted by atomic mass is 32.1. The van der Waals surface area contributed by atoms with Gasteiger partial charge in [-0.1, -0.05) is 18.2 Å². The quantitative estimate of drug-likeness (QED) is 0.192. The summed E-state index contributed by atoms with van der Waals surface area (Å²) in [6, 6.07) is 16.9. The number of H-pyrrole nitrogens is 1. The molecule has 5 rings (SSSR count). The SMILES string of the molecule is O=[N+]([O-])c1ccc(-c2csc(=Nc3ccc(F)cc3F)n2N=Cc2c[nH]c3ccccc23)cc1. The predicted molar refractivity (Wildman–Crippen MR) is 127 cm³/mol. The summed E-state index contributed by atoms with van der Waals surface area (Å²) in [7, 11) is 0. The van der Waals surface area contributed by atoms with E-state index < -0.39 is 16.6 Å². The number of fused-ring (bicyclic) bond motifs is 1. The molecule has 7 nitrogen and oxygen atoms in total. The number of hydrogen-bond donors (Lipinski definition) is 1. The summed E-state index contributed by atoms with van der Waals surface area (Å²) in [5.74, 6) is -1.49. The highest BCUT2D eigenvalue weighted by molar-refractivity contribution is 7.07. The third kappa shape index (κ3) is 4.14. The van der Waals surface area contributed by atoms with E-state index in [-0.39, 0.29) is 11.4 Å². The van der Waals surface area contributed by atoms with Crippen molar-refractivity contribution < 1.29 is 13.7 Å². The summed E-state index contributed by atoms with van der Waals surface area (Å²) in [6.45, 7) is 0. The summed E-state index contributed by atoms with van der Waals surface area (Å²) in [5, 5.41) is 18.4. The van der Waals surface area contributed by atoms with Gasteiger partial charge in [-0.15, -0.1) is 11.3 Å². The van der Waals surface area contributed by atoms with Gasteiger partial charge in [0.25, 0.3) is 5.69 Å². The monoisotopic (exact) mass is 475 g/mol.